The Morgan fingerprint density at radius 1 is 1.24 bits per heavy atom. The smallest absolute Gasteiger partial charge is 0.318 e. The monoisotopic (exact) mass is 398 g/mol. The number of aromatic nitrogens is 2. The van der Waals surface area contributed by atoms with Crippen molar-refractivity contribution in [3.05, 3.63) is 51.6 Å². The minimum Gasteiger partial charge on any atom is -0.318 e. The number of hydrogen-bond donors (Lipinski definition) is 1. The molecule has 0 saturated heterocycles. The summed E-state index contributed by atoms with van der Waals surface area (Å²) in [6.07, 6.45) is 8.02. The van der Waals surface area contributed by atoms with E-state index in [4.69, 9.17) is 0 Å². The second kappa shape index (κ2) is 6.37. The molecule has 7 nitrogen and oxygen atoms in total. The van der Waals surface area contributed by atoms with Gasteiger partial charge in [0.25, 0.3) is 5.91 Å². The van der Waals surface area contributed by atoms with Gasteiger partial charge in [-0.1, -0.05) is 6.07 Å². The Balaban J connectivity index is 1.49. The van der Waals surface area contributed by atoms with Crippen LogP contribution in [-0.4, -0.2) is 20.6 Å². The molecule has 1 heterocycles. The highest BCUT2D eigenvalue weighted by atomic mass is 19.1. The zero-order valence-electron chi connectivity index (χ0n) is 16.2. The predicted octanol–water partition coefficient (Wildman–Crippen LogP) is 4.42. The van der Waals surface area contributed by atoms with Gasteiger partial charge in [-0.25, -0.2) is 4.39 Å². The average molecular weight is 398 g/mol. The van der Waals surface area contributed by atoms with E-state index < -0.39 is 16.6 Å². The van der Waals surface area contributed by atoms with Crippen LogP contribution < -0.4 is 5.32 Å². The second-order valence-corrected chi connectivity index (χ2v) is 9.14. The number of rotatable bonds is 4. The Labute approximate surface area is 167 Å². The second-order valence-electron chi connectivity index (χ2n) is 9.14. The zero-order chi connectivity index (χ0) is 20.3. The Hall–Kier alpha value is -2.77. The molecule has 2 aromatic rings. The summed E-state index contributed by atoms with van der Waals surface area (Å²) in [5.41, 5.74) is -0.0472. The van der Waals surface area contributed by atoms with E-state index in [1.165, 1.54) is 37.6 Å². The molecule has 1 amide bonds. The van der Waals surface area contributed by atoms with Gasteiger partial charge in [0, 0.05) is 0 Å². The lowest BCUT2D eigenvalue weighted by Crippen LogP contribution is -2.52. The van der Waals surface area contributed by atoms with Crippen molar-refractivity contribution in [1.82, 2.24) is 9.78 Å². The molecule has 0 spiro atoms. The Morgan fingerprint density at radius 2 is 1.86 bits per heavy atom. The van der Waals surface area contributed by atoms with Gasteiger partial charge in [0.05, 0.1) is 16.1 Å². The molecule has 0 atom stereocenters. The number of carbonyl (C=O) groups is 1. The average Bonchev–Trinajstić information content (AvgIpc) is 3.10. The van der Waals surface area contributed by atoms with Crippen LogP contribution in [0.25, 0.3) is 0 Å². The number of amides is 1. The van der Waals surface area contributed by atoms with E-state index in [-0.39, 0.29) is 22.6 Å². The lowest BCUT2D eigenvalue weighted by Gasteiger charge is -2.56. The summed E-state index contributed by atoms with van der Waals surface area (Å²) in [6, 6.07) is 4.34. The van der Waals surface area contributed by atoms with Gasteiger partial charge in [0.2, 0.25) is 5.69 Å². The van der Waals surface area contributed by atoms with Crippen molar-refractivity contribution in [2.24, 2.45) is 17.8 Å². The molecule has 1 aromatic carbocycles. The molecule has 4 saturated carbocycles. The summed E-state index contributed by atoms with van der Waals surface area (Å²) in [5.74, 6) is 0.575. The molecule has 4 aliphatic rings. The van der Waals surface area contributed by atoms with Crippen LogP contribution in [0.1, 0.15) is 54.6 Å². The largest absolute Gasteiger partial charge is 0.320 e. The van der Waals surface area contributed by atoms with E-state index in [9.17, 15) is 19.3 Å². The molecule has 29 heavy (non-hydrogen) atoms. The fourth-order valence-corrected chi connectivity index (χ4v) is 6.17. The molecule has 0 radical (unpaired) electrons. The summed E-state index contributed by atoms with van der Waals surface area (Å²) in [4.78, 5) is 23.8. The lowest BCUT2D eigenvalue weighted by atomic mass is 9.53. The number of halogens is 1. The maximum Gasteiger partial charge on any atom is 0.320 e. The first kappa shape index (κ1) is 18.3. The number of nitro groups is 1. The van der Waals surface area contributed by atoms with Crippen LogP contribution >= 0.6 is 0 Å². The topological polar surface area (TPSA) is 90.1 Å². The van der Waals surface area contributed by atoms with Gasteiger partial charge in [-0.15, -0.1) is 0 Å². The van der Waals surface area contributed by atoms with E-state index in [2.05, 4.69) is 10.4 Å². The van der Waals surface area contributed by atoms with Gasteiger partial charge >= 0.3 is 5.69 Å². The summed E-state index contributed by atoms with van der Waals surface area (Å²) in [7, 11) is 0. The summed E-state index contributed by atoms with van der Waals surface area (Å²) < 4.78 is 15.7. The lowest BCUT2D eigenvalue weighted by molar-refractivity contribution is -0.385. The SMILES string of the molecule is Cc1ccc(F)c(NC(=O)c2nn(C34CC5CC(CC(C5)C3)C4)cc2[N+](=O)[O-])c1. The van der Waals surface area contributed by atoms with Crippen molar-refractivity contribution in [3.63, 3.8) is 0 Å². The summed E-state index contributed by atoms with van der Waals surface area (Å²) >= 11 is 0. The van der Waals surface area contributed by atoms with Gasteiger partial charge in [-0.3, -0.25) is 19.6 Å². The van der Waals surface area contributed by atoms with Gasteiger partial charge in [-0.2, -0.15) is 5.10 Å². The quantitative estimate of drug-likeness (QED) is 0.610. The normalized spacial score (nSPS) is 29.8. The molecular weight excluding hydrogens is 375 g/mol. The molecule has 152 valence electrons. The van der Waals surface area contributed by atoms with Crippen molar-refractivity contribution in [2.75, 3.05) is 5.32 Å². The molecule has 6 rings (SSSR count). The van der Waals surface area contributed by atoms with Crippen LogP contribution in [0.15, 0.2) is 24.4 Å². The number of benzene rings is 1. The van der Waals surface area contributed by atoms with E-state index in [0.29, 0.717) is 17.8 Å². The highest BCUT2D eigenvalue weighted by molar-refractivity contribution is 6.05. The minimum absolute atomic E-state index is 0.00588. The molecule has 1 aromatic heterocycles. The number of anilines is 1. The third-order valence-electron chi connectivity index (χ3n) is 6.97. The van der Waals surface area contributed by atoms with Crippen LogP contribution in [0.5, 0.6) is 0 Å². The highest BCUT2D eigenvalue weighted by Crippen LogP contribution is 2.58. The van der Waals surface area contributed by atoms with Crippen molar-refractivity contribution in [3.8, 4) is 0 Å². The van der Waals surface area contributed by atoms with E-state index in [1.807, 2.05) is 0 Å². The van der Waals surface area contributed by atoms with Gasteiger partial charge in [-0.05, 0) is 80.9 Å². The van der Waals surface area contributed by atoms with Crippen molar-refractivity contribution in [2.45, 2.75) is 51.0 Å². The van der Waals surface area contributed by atoms with Crippen LogP contribution in [-0.2, 0) is 5.54 Å². The number of aryl methyl sites for hydroxylation is 1. The zero-order valence-corrected chi connectivity index (χ0v) is 16.2. The minimum atomic E-state index is -0.760. The third kappa shape index (κ3) is 3.01. The third-order valence-corrected chi connectivity index (χ3v) is 6.97. The Morgan fingerprint density at radius 3 is 2.45 bits per heavy atom. The molecule has 8 heteroatoms. The first-order chi connectivity index (χ1) is 13.8. The highest BCUT2D eigenvalue weighted by Gasteiger charge is 2.53. The number of hydrogen-bond acceptors (Lipinski definition) is 4. The van der Waals surface area contributed by atoms with Crippen molar-refractivity contribution < 1.29 is 14.1 Å². The number of nitrogens with zero attached hydrogens (tertiary/aromatic N) is 3. The van der Waals surface area contributed by atoms with Crippen LogP contribution in [0.2, 0.25) is 0 Å². The summed E-state index contributed by atoms with van der Waals surface area (Å²) in [6.45, 7) is 1.78. The maximum atomic E-state index is 14.0. The number of carbonyl (C=O) groups excluding carboxylic acids is 1. The fourth-order valence-electron chi connectivity index (χ4n) is 6.17. The van der Waals surface area contributed by atoms with Crippen LogP contribution in [0, 0.1) is 40.6 Å². The maximum absolute atomic E-state index is 14.0. The van der Waals surface area contributed by atoms with Crippen molar-refractivity contribution >= 4 is 17.3 Å². The Bertz CT molecular complexity index is 980. The molecule has 4 fully saturated rings. The van der Waals surface area contributed by atoms with Gasteiger partial charge in [0.1, 0.15) is 12.0 Å². The molecule has 0 aliphatic heterocycles. The van der Waals surface area contributed by atoms with Crippen molar-refractivity contribution in [1.29, 1.82) is 0 Å². The van der Waals surface area contributed by atoms with Gasteiger partial charge in [0.15, 0.2) is 0 Å². The van der Waals surface area contributed by atoms with Gasteiger partial charge < -0.3 is 5.32 Å². The molecular formula is C21H23FN4O3. The summed E-state index contributed by atoms with van der Waals surface area (Å²) in [5, 5.41) is 18.5. The standard InChI is InChI=1S/C21H23FN4O3/c1-12-2-3-16(22)17(4-12)23-20(27)19-18(26(28)29)11-25(24-19)21-8-13-5-14(9-21)7-15(6-13)10-21/h2-4,11,13-15H,5-10H2,1H3,(H,23,27). The molecule has 4 aliphatic carbocycles. The Kier molecular flexibility index (Phi) is 4.01. The fraction of sp³-hybridized carbons (Fsp3) is 0.524. The van der Waals surface area contributed by atoms with E-state index >= 15 is 0 Å². The predicted molar refractivity (Wildman–Crippen MR) is 104 cm³/mol. The number of nitrogens with one attached hydrogen (secondary N) is 1. The molecule has 0 unspecified atom stereocenters. The van der Waals surface area contributed by atoms with E-state index in [1.54, 1.807) is 17.7 Å². The first-order valence-electron chi connectivity index (χ1n) is 10.1. The first-order valence-corrected chi connectivity index (χ1v) is 10.1. The van der Waals surface area contributed by atoms with Crippen LogP contribution in [0.3, 0.4) is 0 Å². The van der Waals surface area contributed by atoms with E-state index in [0.717, 1.165) is 24.8 Å². The molecule has 1 N–H and O–H groups in total. The molecule has 4 bridgehead atoms. The van der Waals surface area contributed by atoms with Crippen LogP contribution in [0.4, 0.5) is 15.8 Å².